The van der Waals surface area contributed by atoms with Crippen LogP contribution in [0.2, 0.25) is 0 Å². The minimum Gasteiger partial charge on any atom is -0.379 e. The van der Waals surface area contributed by atoms with Crippen molar-refractivity contribution in [3.8, 4) is 0 Å². The number of guanidine groups is 1. The Morgan fingerprint density at radius 2 is 1.97 bits per heavy atom. The van der Waals surface area contributed by atoms with E-state index >= 15 is 0 Å². The molecule has 2 heterocycles. The minimum absolute atomic E-state index is 0.651. The van der Waals surface area contributed by atoms with Gasteiger partial charge in [-0.15, -0.1) is 0 Å². The van der Waals surface area contributed by atoms with Gasteiger partial charge in [0.1, 0.15) is 0 Å². The van der Waals surface area contributed by atoms with Crippen molar-refractivity contribution in [2.75, 3.05) is 39.4 Å². The predicted octanol–water partition coefficient (Wildman–Crippen LogP) is 1.90. The third-order valence-electron chi connectivity index (χ3n) is 4.80. The van der Waals surface area contributed by atoms with Crippen molar-refractivity contribution in [3.63, 3.8) is 0 Å². The van der Waals surface area contributed by atoms with E-state index in [0.717, 1.165) is 64.7 Å². The Labute approximate surface area is 172 Å². The molecule has 0 radical (unpaired) electrons. The molecule has 0 saturated carbocycles. The molecule has 29 heavy (non-hydrogen) atoms. The topological polar surface area (TPSA) is 87.8 Å². The van der Waals surface area contributed by atoms with Crippen molar-refractivity contribution in [3.05, 3.63) is 47.1 Å². The van der Waals surface area contributed by atoms with Gasteiger partial charge >= 0.3 is 0 Å². The summed E-state index contributed by atoms with van der Waals surface area (Å²) in [6, 6.07) is 8.56. The highest BCUT2D eigenvalue weighted by Gasteiger charge is 2.12. The Bertz CT molecular complexity index is 770. The molecule has 8 heteroatoms. The third-order valence-corrected chi connectivity index (χ3v) is 4.80. The van der Waals surface area contributed by atoms with Crippen LogP contribution >= 0.6 is 0 Å². The number of aryl methyl sites for hydroxylation is 2. The van der Waals surface area contributed by atoms with E-state index in [1.807, 2.05) is 6.92 Å². The molecule has 0 unspecified atom stereocenters. The summed E-state index contributed by atoms with van der Waals surface area (Å²) >= 11 is 0. The predicted molar refractivity (Wildman–Crippen MR) is 113 cm³/mol. The number of benzene rings is 1. The fraction of sp³-hybridized carbons (Fsp3) is 0.571. The van der Waals surface area contributed by atoms with Crippen molar-refractivity contribution in [1.29, 1.82) is 0 Å². The molecule has 0 aliphatic carbocycles. The summed E-state index contributed by atoms with van der Waals surface area (Å²) in [6.07, 6.45) is 1.66. The molecule has 3 rings (SSSR count). The fourth-order valence-corrected chi connectivity index (χ4v) is 3.26. The first-order valence-corrected chi connectivity index (χ1v) is 10.4. The molecular formula is C21H32N6O2. The van der Waals surface area contributed by atoms with Gasteiger partial charge in [-0.2, -0.15) is 4.98 Å². The molecule has 2 N–H and O–H groups in total. The minimum atomic E-state index is 0.651. The number of nitrogens with one attached hydrogen (secondary N) is 2. The molecular weight excluding hydrogens is 368 g/mol. The standard InChI is InChI=1S/C21H32N6O2/c1-3-22-21(23-10-6-9-20-25-17(2)26-29-20)24-15-18-7-4-5-8-19(18)16-27-11-13-28-14-12-27/h4-5,7-8H,3,6,9-16H2,1-2H3,(H2,22,23,24). The summed E-state index contributed by atoms with van der Waals surface area (Å²) in [6.45, 7) is 10.7. The van der Waals surface area contributed by atoms with Crippen LogP contribution in [0.15, 0.2) is 33.8 Å². The fourth-order valence-electron chi connectivity index (χ4n) is 3.26. The van der Waals surface area contributed by atoms with Gasteiger partial charge in [-0.25, -0.2) is 4.99 Å². The highest BCUT2D eigenvalue weighted by Crippen LogP contribution is 2.14. The monoisotopic (exact) mass is 400 g/mol. The number of morpholine rings is 1. The molecule has 158 valence electrons. The van der Waals surface area contributed by atoms with E-state index in [1.165, 1.54) is 11.1 Å². The van der Waals surface area contributed by atoms with E-state index in [2.05, 4.69) is 56.9 Å². The summed E-state index contributed by atoms with van der Waals surface area (Å²) < 4.78 is 10.6. The second-order valence-corrected chi connectivity index (χ2v) is 7.12. The van der Waals surface area contributed by atoms with Crippen molar-refractivity contribution >= 4 is 5.96 Å². The number of rotatable bonds is 9. The summed E-state index contributed by atoms with van der Waals surface area (Å²) in [5.74, 6) is 2.19. The van der Waals surface area contributed by atoms with Crippen LogP contribution in [-0.4, -0.2) is 60.4 Å². The van der Waals surface area contributed by atoms with Crippen molar-refractivity contribution in [2.24, 2.45) is 4.99 Å². The number of nitrogens with zero attached hydrogens (tertiary/aromatic N) is 4. The number of hydrogen-bond acceptors (Lipinski definition) is 6. The molecule has 2 aromatic rings. The molecule has 1 aromatic carbocycles. The van der Waals surface area contributed by atoms with Crippen LogP contribution in [0.1, 0.15) is 36.2 Å². The van der Waals surface area contributed by atoms with E-state index in [9.17, 15) is 0 Å². The van der Waals surface area contributed by atoms with Crippen LogP contribution < -0.4 is 10.6 Å². The SMILES string of the molecule is CCNC(=NCc1ccccc1CN1CCOCC1)NCCCc1nc(C)no1. The van der Waals surface area contributed by atoms with E-state index in [1.54, 1.807) is 0 Å². The highest BCUT2D eigenvalue weighted by atomic mass is 16.5. The van der Waals surface area contributed by atoms with E-state index in [0.29, 0.717) is 18.3 Å². The molecule has 1 aliphatic rings. The number of ether oxygens (including phenoxy) is 1. The zero-order chi connectivity index (χ0) is 20.3. The lowest BCUT2D eigenvalue weighted by Crippen LogP contribution is -2.38. The lowest BCUT2D eigenvalue weighted by molar-refractivity contribution is 0.0341. The van der Waals surface area contributed by atoms with Crippen LogP contribution in [0.5, 0.6) is 0 Å². The van der Waals surface area contributed by atoms with Gasteiger partial charge < -0.3 is 19.9 Å². The Balaban J connectivity index is 1.52. The van der Waals surface area contributed by atoms with Crippen LogP contribution in [-0.2, 0) is 24.2 Å². The normalized spacial score (nSPS) is 15.4. The van der Waals surface area contributed by atoms with E-state index in [4.69, 9.17) is 14.3 Å². The average Bonchev–Trinajstić information content (AvgIpc) is 3.16. The summed E-state index contributed by atoms with van der Waals surface area (Å²) in [5, 5.41) is 10.5. The molecule has 0 bridgehead atoms. The number of hydrogen-bond donors (Lipinski definition) is 2. The van der Waals surface area contributed by atoms with Gasteiger partial charge in [-0.1, -0.05) is 29.4 Å². The molecule has 0 spiro atoms. The smallest absolute Gasteiger partial charge is 0.226 e. The Morgan fingerprint density at radius 1 is 1.17 bits per heavy atom. The summed E-state index contributed by atoms with van der Waals surface area (Å²) in [7, 11) is 0. The summed E-state index contributed by atoms with van der Waals surface area (Å²) in [4.78, 5) is 11.5. The molecule has 0 amide bonds. The first-order chi connectivity index (χ1) is 14.2. The van der Waals surface area contributed by atoms with Crippen molar-refractivity contribution in [2.45, 2.75) is 39.8 Å². The zero-order valence-corrected chi connectivity index (χ0v) is 17.5. The number of aliphatic imine (C=N–C) groups is 1. The second kappa shape index (κ2) is 11.5. The van der Waals surface area contributed by atoms with Gasteiger partial charge in [0.25, 0.3) is 0 Å². The first-order valence-electron chi connectivity index (χ1n) is 10.4. The zero-order valence-electron chi connectivity index (χ0n) is 17.5. The third kappa shape index (κ3) is 7.14. The van der Waals surface area contributed by atoms with Crippen LogP contribution in [0.4, 0.5) is 0 Å². The van der Waals surface area contributed by atoms with Gasteiger partial charge in [0, 0.05) is 39.1 Å². The lowest BCUT2D eigenvalue weighted by Gasteiger charge is -2.27. The van der Waals surface area contributed by atoms with Crippen LogP contribution in [0, 0.1) is 6.92 Å². The lowest BCUT2D eigenvalue weighted by atomic mass is 10.1. The quantitative estimate of drug-likeness (QED) is 0.378. The van der Waals surface area contributed by atoms with Crippen molar-refractivity contribution in [1.82, 2.24) is 25.7 Å². The maximum absolute atomic E-state index is 5.46. The average molecular weight is 401 g/mol. The van der Waals surface area contributed by atoms with Crippen LogP contribution in [0.25, 0.3) is 0 Å². The van der Waals surface area contributed by atoms with Gasteiger partial charge in [0.15, 0.2) is 11.8 Å². The summed E-state index contributed by atoms with van der Waals surface area (Å²) in [5.41, 5.74) is 2.60. The van der Waals surface area contributed by atoms with E-state index < -0.39 is 0 Å². The Hall–Kier alpha value is -2.45. The molecule has 1 aliphatic heterocycles. The maximum atomic E-state index is 5.46. The van der Waals surface area contributed by atoms with E-state index in [-0.39, 0.29) is 0 Å². The molecule has 1 fully saturated rings. The molecule has 1 saturated heterocycles. The van der Waals surface area contributed by atoms with Gasteiger partial charge in [0.2, 0.25) is 5.89 Å². The van der Waals surface area contributed by atoms with Gasteiger partial charge in [-0.3, -0.25) is 4.90 Å². The van der Waals surface area contributed by atoms with Crippen molar-refractivity contribution < 1.29 is 9.26 Å². The Kier molecular flexibility index (Phi) is 8.45. The first kappa shape index (κ1) is 21.3. The molecule has 8 nitrogen and oxygen atoms in total. The van der Waals surface area contributed by atoms with Crippen LogP contribution in [0.3, 0.4) is 0 Å². The largest absolute Gasteiger partial charge is 0.379 e. The number of aromatic nitrogens is 2. The highest BCUT2D eigenvalue weighted by molar-refractivity contribution is 5.79. The van der Waals surface area contributed by atoms with Gasteiger partial charge in [-0.05, 0) is 31.4 Å². The maximum Gasteiger partial charge on any atom is 0.226 e. The Morgan fingerprint density at radius 3 is 2.69 bits per heavy atom. The molecule has 1 aromatic heterocycles. The second-order valence-electron chi connectivity index (χ2n) is 7.12. The molecule has 0 atom stereocenters. The van der Waals surface area contributed by atoms with Gasteiger partial charge in [0.05, 0.1) is 19.8 Å².